The molecule has 24 heavy (non-hydrogen) atoms. The van der Waals surface area contributed by atoms with Crippen LogP contribution in [0.2, 0.25) is 0 Å². The van der Waals surface area contributed by atoms with E-state index < -0.39 is 0 Å². The first-order chi connectivity index (χ1) is 11.8. The third-order valence-electron chi connectivity index (χ3n) is 3.75. The fraction of sp³-hybridized carbons (Fsp3) is 0.143. The van der Waals surface area contributed by atoms with E-state index in [0.29, 0.717) is 6.61 Å². The SMILES string of the molecule is Brc1ccc(OCc2ccccc2)c(CNCc2ccccc2)c1. The van der Waals surface area contributed by atoms with E-state index in [1.807, 2.05) is 36.4 Å². The molecule has 0 saturated heterocycles. The second-order valence-electron chi connectivity index (χ2n) is 5.62. The first-order valence-corrected chi connectivity index (χ1v) is 8.80. The summed E-state index contributed by atoms with van der Waals surface area (Å²) in [6.45, 7) is 2.18. The molecular formula is C21H20BrNO. The van der Waals surface area contributed by atoms with E-state index in [1.54, 1.807) is 0 Å². The molecule has 0 amide bonds. The van der Waals surface area contributed by atoms with Gasteiger partial charge in [-0.1, -0.05) is 76.6 Å². The quantitative estimate of drug-likeness (QED) is 0.597. The normalized spacial score (nSPS) is 10.5. The number of halogens is 1. The van der Waals surface area contributed by atoms with Crippen LogP contribution >= 0.6 is 15.9 Å². The van der Waals surface area contributed by atoms with E-state index in [2.05, 4.69) is 63.7 Å². The number of hydrogen-bond acceptors (Lipinski definition) is 2. The monoisotopic (exact) mass is 381 g/mol. The Morgan fingerprint density at radius 3 is 2.12 bits per heavy atom. The summed E-state index contributed by atoms with van der Waals surface area (Å²) in [5, 5.41) is 3.48. The van der Waals surface area contributed by atoms with Gasteiger partial charge in [0.2, 0.25) is 0 Å². The molecule has 3 aromatic rings. The molecule has 0 heterocycles. The highest BCUT2D eigenvalue weighted by molar-refractivity contribution is 9.10. The Hall–Kier alpha value is -2.10. The summed E-state index contributed by atoms with van der Waals surface area (Å²) in [5.74, 6) is 0.919. The largest absolute Gasteiger partial charge is 0.489 e. The van der Waals surface area contributed by atoms with Crippen LogP contribution in [-0.2, 0) is 19.7 Å². The van der Waals surface area contributed by atoms with Gasteiger partial charge in [0.15, 0.2) is 0 Å². The first kappa shape index (κ1) is 16.7. The van der Waals surface area contributed by atoms with E-state index in [0.717, 1.165) is 28.9 Å². The van der Waals surface area contributed by atoms with Crippen molar-refractivity contribution in [3.05, 3.63) is 100 Å². The Balaban J connectivity index is 1.62. The Labute approximate surface area is 151 Å². The zero-order chi connectivity index (χ0) is 16.6. The van der Waals surface area contributed by atoms with Gasteiger partial charge in [-0.05, 0) is 29.3 Å². The highest BCUT2D eigenvalue weighted by atomic mass is 79.9. The van der Waals surface area contributed by atoms with Crippen LogP contribution in [0.1, 0.15) is 16.7 Å². The Morgan fingerprint density at radius 2 is 1.42 bits per heavy atom. The fourth-order valence-electron chi connectivity index (χ4n) is 2.50. The summed E-state index contributed by atoms with van der Waals surface area (Å²) in [6, 6.07) is 26.8. The van der Waals surface area contributed by atoms with E-state index in [-0.39, 0.29) is 0 Å². The van der Waals surface area contributed by atoms with Gasteiger partial charge in [0.1, 0.15) is 12.4 Å². The van der Waals surface area contributed by atoms with Crippen molar-refractivity contribution in [3.8, 4) is 5.75 Å². The molecule has 0 spiro atoms. The summed E-state index contributed by atoms with van der Waals surface area (Å²) >= 11 is 3.55. The van der Waals surface area contributed by atoms with E-state index in [4.69, 9.17) is 4.74 Å². The number of benzene rings is 3. The highest BCUT2D eigenvalue weighted by Crippen LogP contribution is 2.24. The molecule has 3 rings (SSSR count). The van der Waals surface area contributed by atoms with Crippen molar-refractivity contribution in [2.45, 2.75) is 19.7 Å². The summed E-state index contributed by atoms with van der Waals surface area (Å²) in [7, 11) is 0. The second kappa shape index (κ2) is 8.67. The molecule has 0 aliphatic carbocycles. The van der Waals surface area contributed by atoms with Crippen molar-refractivity contribution in [1.29, 1.82) is 0 Å². The van der Waals surface area contributed by atoms with Gasteiger partial charge >= 0.3 is 0 Å². The Morgan fingerprint density at radius 1 is 0.750 bits per heavy atom. The van der Waals surface area contributed by atoms with E-state index in [9.17, 15) is 0 Å². The van der Waals surface area contributed by atoms with Crippen LogP contribution in [-0.4, -0.2) is 0 Å². The molecule has 0 saturated carbocycles. The van der Waals surface area contributed by atoms with Crippen molar-refractivity contribution in [3.63, 3.8) is 0 Å². The number of nitrogens with one attached hydrogen (secondary N) is 1. The van der Waals surface area contributed by atoms with Gasteiger partial charge in [-0.2, -0.15) is 0 Å². The van der Waals surface area contributed by atoms with Crippen molar-refractivity contribution in [1.82, 2.24) is 5.32 Å². The van der Waals surface area contributed by atoms with E-state index >= 15 is 0 Å². The molecule has 0 aliphatic rings. The molecular weight excluding hydrogens is 362 g/mol. The molecule has 3 aromatic carbocycles. The highest BCUT2D eigenvalue weighted by Gasteiger charge is 2.05. The minimum absolute atomic E-state index is 0.578. The minimum atomic E-state index is 0.578. The van der Waals surface area contributed by atoms with Crippen molar-refractivity contribution < 1.29 is 4.74 Å². The molecule has 3 heteroatoms. The van der Waals surface area contributed by atoms with Gasteiger partial charge in [0.05, 0.1) is 0 Å². The summed E-state index contributed by atoms with van der Waals surface area (Å²) in [6.07, 6.45) is 0. The smallest absolute Gasteiger partial charge is 0.124 e. The standard InChI is InChI=1S/C21H20BrNO/c22-20-11-12-21(24-16-18-9-5-2-6-10-18)19(13-20)15-23-14-17-7-3-1-4-8-17/h1-13,23H,14-16H2. The van der Waals surface area contributed by atoms with Crippen LogP contribution in [0, 0.1) is 0 Å². The maximum Gasteiger partial charge on any atom is 0.124 e. The number of ether oxygens (including phenoxy) is 1. The number of hydrogen-bond donors (Lipinski definition) is 1. The van der Waals surface area contributed by atoms with Crippen LogP contribution in [0.25, 0.3) is 0 Å². The molecule has 0 bridgehead atoms. The van der Waals surface area contributed by atoms with Gasteiger partial charge in [0.25, 0.3) is 0 Å². The van der Waals surface area contributed by atoms with Gasteiger partial charge in [-0.15, -0.1) is 0 Å². The Bertz CT molecular complexity index is 759. The summed E-state index contributed by atoms with van der Waals surface area (Å²) in [5.41, 5.74) is 3.60. The maximum atomic E-state index is 6.02. The molecule has 0 atom stereocenters. The first-order valence-electron chi connectivity index (χ1n) is 8.01. The van der Waals surface area contributed by atoms with Gasteiger partial charge in [-0.25, -0.2) is 0 Å². The molecule has 0 radical (unpaired) electrons. The second-order valence-corrected chi connectivity index (χ2v) is 6.53. The maximum absolute atomic E-state index is 6.02. The van der Waals surface area contributed by atoms with E-state index in [1.165, 1.54) is 11.1 Å². The van der Waals surface area contributed by atoms with Crippen molar-refractivity contribution >= 4 is 15.9 Å². The van der Waals surface area contributed by atoms with Crippen molar-refractivity contribution in [2.24, 2.45) is 0 Å². The van der Waals surface area contributed by atoms with Gasteiger partial charge in [-0.3, -0.25) is 0 Å². The molecule has 0 fully saturated rings. The van der Waals surface area contributed by atoms with Crippen LogP contribution in [0.5, 0.6) is 5.75 Å². The fourth-order valence-corrected chi connectivity index (χ4v) is 2.91. The van der Waals surface area contributed by atoms with Crippen LogP contribution in [0.3, 0.4) is 0 Å². The van der Waals surface area contributed by atoms with Crippen molar-refractivity contribution in [2.75, 3.05) is 0 Å². The summed E-state index contributed by atoms with van der Waals surface area (Å²) < 4.78 is 7.08. The molecule has 2 nitrogen and oxygen atoms in total. The molecule has 0 aliphatic heterocycles. The zero-order valence-electron chi connectivity index (χ0n) is 13.4. The average Bonchev–Trinajstić information content (AvgIpc) is 2.63. The molecule has 122 valence electrons. The lowest BCUT2D eigenvalue weighted by Crippen LogP contribution is -2.13. The lowest BCUT2D eigenvalue weighted by Gasteiger charge is -2.13. The molecule has 0 aromatic heterocycles. The Kier molecular flexibility index (Phi) is 6.05. The third kappa shape index (κ3) is 4.95. The predicted octanol–water partition coefficient (Wildman–Crippen LogP) is 5.32. The minimum Gasteiger partial charge on any atom is -0.489 e. The van der Waals surface area contributed by atoms with Gasteiger partial charge in [0, 0.05) is 23.1 Å². The molecule has 0 unspecified atom stereocenters. The van der Waals surface area contributed by atoms with Crippen LogP contribution in [0.15, 0.2) is 83.3 Å². The zero-order valence-corrected chi connectivity index (χ0v) is 15.0. The summed E-state index contributed by atoms with van der Waals surface area (Å²) in [4.78, 5) is 0. The lowest BCUT2D eigenvalue weighted by molar-refractivity contribution is 0.302. The average molecular weight is 382 g/mol. The van der Waals surface area contributed by atoms with Gasteiger partial charge < -0.3 is 10.1 Å². The topological polar surface area (TPSA) is 21.3 Å². The van der Waals surface area contributed by atoms with Crippen LogP contribution < -0.4 is 10.1 Å². The predicted molar refractivity (Wildman–Crippen MR) is 102 cm³/mol. The lowest BCUT2D eigenvalue weighted by atomic mass is 10.2. The number of rotatable bonds is 7. The molecule has 1 N–H and O–H groups in total. The third-order valence-corrected chi connectivity index (χ3v) is 4.24. The van der Waals surface area contributed by atoms with Crippen LogP contribution in [0.4, 0.5) is 0 Å².